The van der Waals surface area contributed by atoms with Gasteiger partial charge in [-0.1, -0.05) is 12.6 Å². The number of aromatic nitrogens is 2. The molecule has 0 aromatic carbocycles. The molecule has 0 unspecified atom stereocenters. The van der Waals surface area contributed by atoms with Crippen molar-refractivity contribution in [3.05, 3.63) is 60.2 Å². The van der Waals surface area contributed by atoms with Crippen LogP contribution in [0.25, 0.3) is 5.52 Å². The standard InChI is InChI=1S/C23H29N5O3/c1-17-15-20(29)18(16-21(17)30-13-8-24)25-22-19-7-3-4-9-27(19)26-23(22)31-14-12-28(2)10-5-6-11-28/h3-4,7,9,15-16H,1,5-6,8,10-14,24H2,2H3/p+1/b25-18+. The summed E-state index contributed by atoms with van der Waals surface area (Å²) in [6, 6.07) is 5.74. The van der Waals surface area contributed by atoms with Crippen molar-refractivity contribution in [3.63, 3.8) is 0 Å². The van der Waals surface area contributed by atoms with E-state index in [1.807, 2.05) is 24.4 Å². The molecule has 2 aliphatic rings. The van der Waals surface area contributed by atoms with Crippen LogP contribution in [0.2, 0.25) is 0 Å². The van der Waals surface area contributed by atoms with Crippen LogP contribution in [0.15, 0.2) is 65.2 Å². The quantitative estimate of drug-likeness (QED) is 0.636. The van der Waals surface area contributed by atoms with Crippen molar-refractivity contribution in [2.45, 2.75) is 12.8 Å². The van der Waals surface area contributed by atoms with E-state index >= 15 is 0 Å². The van der Waals surface area contributed by atoms with Crippen LogP contribution in [0.5, 0.6) is 5.88 Å². The van der Waals surface area contributed by atoms with Crippen molar-refractivity contribution in [3.8, 4) is 5.88 Å². The number of aliphatic hydroxyl groups excluding tert-OH is 1. The maximum Gasteiger partial charge on any atom is 0.260 e. The molecule has 4 rings (SSSR count). The molecule has 2 aromatic rings. The third-order valence-electron chi connectivity index (χ3n) is 5.76. The Kier molecular flexibility index (Phi) is 6.11. The van der Waals surface area contributed by atoms with Gasteiger partial charge in [0.2, 0.25) is 0 Å². The predicted molar refractivity (Wildman–Crippen MR) is 121 cm³/mol. The molecule has 31 heavy (non-hydrogen) atoms. The molecule has 8 nitrogen and oxygen atoms in total. The molecule has 3 heterocycles. The molecular formula is C23H30N5O3+. The van der Waals surface area contributed by atoms with Gasteiger partial charge in [-0.25, -0.2) is 9.51 Å². The monoisotopic (exact) mass is 424 g/mol. The minimum atomic E-state index is 0.0152. The number of likely N-dealkylation sites (N-methyl/N-ethyl adjacent to an activating group) is 1. The molecule has 0 spiro atoms. The first kappa shape index (κ1) is 21.1. The van der Waals surface area contributed by atoms with Crippen molar-refractivity contribution < 1.29 is 19.1 Å². The van der Waals surface area contributed by atoms with Gasteiger partial charge in [0.25, 0.3) is 5.88 Å². The van der Waals surface area contributed by atoms with E-state index in [0.717, 1.165) is 16.5 Å². The first-order chi connectivity index (χ1) is 15.0. The highest BCUT2D eigenvalue weighted by atomic mass is 16.5. The van der Waals surface area contributed by atoms with Crippen LogP contribution in [0.4, 0.5) is 5.69 Å². The van der Waals surface area contributed by atoms with E-state index in [0.29, 0.717) is 48.4 Å². The molecule has 164 valence electrons. The molecule has 1 saturated heterocycles. The molecule has 1 aliphatic heterocycles. The van der Waals surface area contributed by atoms with E-state index in [9.17, 15) is 5.11 Å². The largest absolute Gasteiger partial charge is 0.506 e. The molecular weight excluding hydrogens is 394 g/mol. The van der Waals surface area contributed by atoms with Crippen LogP contribution in [0.3, 0.4) is 0 Å². The highest BCUT2D eigenvalue weighted by molar-refractivity contribution is 6.11. The second kappa shape index (κ2) is 8.95. The lowest BCUT2D eigenvalue weighted by Gasteiger charge is -2.28. The van der Waals surface area contributed by atoms with Gasteiger partial charge >= 0.3 is 0 Å². The summed E-state index contributed by atoms with van der Waals surface area (Å²) in [6.07, 6.45) is 7.59. The average Bonchev–Trinajstić information content (AvgIpc) is 3.33. The molecule has 0 saturated carbocycles. The summed E-state index contributed by atoms with van der Waals surface area (Å²) in [4.78, 5) is 4.70. The summed E-state index contributed by atoms with van der Waals surface area (Å²) in [5, 5.41) is 15.0. The second-order valence-electron chi connectivity index (χ2n) is 8.23. The Morgan fingerprint density at radius 1 is 1.23 bits per heavy atom. The zero-order valence-electron chi connectivity index (χ0n) is 18.0. The van der Waals surface area contributed by atoms with Gasteiger partial charge < -0.3 is 24.8 Å². The van der Waals surface area contributed by atoms with E-state index in [1.54, 1.807) is 10.6 Å². The van der Waals surface area contributed by atoms with Crippen LogP contribution in [-0.4, -0.2) is 71.4 Å². The average molecular weight is 425 g/mol. The number of likely N-dealkylation sites (tertiary alicyclic amines) is 1. The Hall–Kier alpha value is -3.10. The van der Waals surface area contributed by atoms with Crippen LogP contribution < -0.4 is 10.5 Å². The Labute approximate surface area is 182 Å². The fraction of sp³-hybridized carbons (Fsp3) is 0.391. The minimum absolute atomic E-state index is 0.0152. The summed E-state index contributed by atoms with van der Waals surface area (Å²) in [5.41, 5.74) is 7.84. The maximum atomic E-state index is 10.5. The second-order valence-corrected chi connectivity index (χ2v) is 8.23. The Morgan fingerprint density at radius 3 is 2.81 bits per heavy atom. The van der Waals surface area contributed by atoms with E-state index in [1.165, 1.54) is 32.0 Å². The van der Waals surface area contributed by atoms with Crippen LogP contribution in [-0.2, 0) is 4.74 Å². The number of quaternary nitrogens is 1. The molecule has 0 atom stereocenters. The Bertz CT molecular complexity index is 1060. The Balaban J connectivity index is 1.64. The van der Waals surface area contributed by atoms with Crippen molar-refractivity contribution in [1.82, 2.24) is 9.61 Å². The normalized spacial score (nSPS) is 19.5. The van der Waals surface area contributed by atoms with E-state index < -0.39 is 0 Å². The number of aliphatic hydroxyl groups is 1. The Morgan fingerprint density at radius 2 is 2.03 bits per heavy atom. The fourth-order valence-electron chi connectivity index (χ4n) is 3.97. The minimum Gasteiger partial charge on any atom is -0.506 e. The van der Waals surface area contributed by atoms with Crippen LogP contribution in [0.1, 0.15) is 12.8 Å². The summed E-state index contributed by atoms with van der Waals surface area (Å²) in [6.45, 7) is 8.50. The van der Waals surface area contributed by atoms with Crippen LogP contribution in [0, 0.1) is 0 Å². The molecule has 2 aromatic heterocycles. The molecule has 1 fully saturated rings. The molecule has 0 bridgehead atoms. The van der Waals surface area contributed by atoms with Gasteiger partial charge in [0.15, 0.2) is 5.69 Å². The summed E-state index contributed by atoms with van der Waals surface area (Å²) in [7, 11) is 2.27. The van der Waals surface area contributed by atoms with Crippen LogP contribution >= 0.6 is 0 Å². The van der Waals surface area contributed by atoms with Gasteiger partial charge in [0.05, 0.1) is 25.7 Å². The van der Waals surface area contributed by atoms with Gasteiger partial charge in [-0.05, 0) is 18.2 Å². The number of allylic oxidation sites excluding steroid dienone is 2. The number of pyridine rings is 1. The zero-order chi connectivity index (χ0) is 21.8. The summed E-state index contributed by atoms with van der Waals surface area (Å²) in [5.74, 6) is 0.994. The van der Waals surface area contributed by atoms with Gasteiger partial charge in [0, 0.05) is 37.2 Å². The van der Waals surface area contributed by atoms with E-state index in [-0.39, 0.29) is 5.76 Å². The van der Waals surface area contributed by atoms with Crippen molar-refractivity contribution in [1.29, 1.82) is 0 Å². The zero-order valence-corrected chi connectivity index (χ0v) is 18.0. The van der Waals surface area contributed by atoms with Crippen molar-refractivity contribution in [2.75, 3.05) is 46.4 Å². The van der Waals surface area contributed by atoms with E-state index in [4.69, 9.17) is 20.2 Å². The first-order valence-electron chi connectivity index (χ1n) is 10.7. The first-order valence-corrected chi connectivity index (χ1v) is 10.7. The molecule has 0 amide bonds. The number of nitrogens with two attached hydrogens (primary N) is 1. The summed E-state index contributed by atoms with van der Waals surface area (Å²) >= 11 is 0. The van der Waals surface area contributed by atoms with Gasteiger partial charge in [-0.2, -0.15) is 0 Å². The smallest absolute Gasteiger partial charge is 0.260 e. The third kappa shape index (κ3) is 4.65. The van der Waals surface area contributed by atoms with Gasteiger partial charge in [-0.15, -0.1) is 5.10 Å². The van der Waals surface area contributed by atoms with Gasteiger partial charge in [0.1, 0.15) is 37.0 Å². The lowest BCUT2D eigenvalue weighted by Crippen LogP contribution is -2.43. The number of fused-ring (bicyclic) bond motifs is 1. The number of ether oxygens (including phenoxy) is 2. The lowest BCUT2D eigenvalue weighted by molar-refractivity contribution is -0.897. The number of hydrogen-bond acceptors (Lipinski definition) is 6. The molecule has 8 heteroatoms. The number of rotatable bonds is 8. The maximum absolute atomic E-state index is 10.5. The highest BCUT2D eigenvalue weighted by Gasteiger charge is 2.27. The highest BCUT2D eigenvalue weighted by Crippen LogP contribution is 2.33. The molecule has 1 aliphatic carbocycles. The summed E-state index contributed by atoms with van der Waals surface area (Å²) < 4.78 is 14.5. The van der Waals surface area contributed by atoms with Gasteiger partial charge in [-0.3, -0.25) is 0 Å². The SMILES string of the molecule is C=C1C=C(O)/C(=N/c2c(OCC[N+]3(C)CCCC3)nn3ccccc23)C=C1OCCN. The number of aliphatic imine (C=N–C) groups is 1. The fourth-order valence-corrected chi connectivity index (χ4v) is 3.97. The van der Waals surface area contributed by atoms with Crippen molar-refractivity contribution in [2.24, 2.45) is 10.7 Å². The topological polar surface area (TPSA) is 94.4 Å². The third-order valence-corrected chi connectivity index (χ3v) is 5.76. The number of nitrogens with zero attached hydrogens (tertiary/aromatic N) is 4. The molecule has 3 N–H and O–H groups in total. The lowest BCUT2D eigenvalue weighted by atomic mass is 10.1. The van der Waals surface area contributed by atoms with Crippen molar-refractivity contribution >= 4 is 16.9 Å². The predicted octanol–water partition coefficient (Wildman–Crippen LogP) is 2.90. The number of hydrogen-bond donors (Lipinski definition) is 2. The molecule has 0 radical (unpaired) electrons. The van der Waals surface area contributed by atoms with E-state index in [2.05, 4.69) is 18.7 Å².